The highest BCUT2D eigenvalue weighted by Gasteiger charge is 2.52. The summed E-state index contributed by atoms with van der Waals surface area (Å²) in [5.41, 5.74) is 0.337. The third-order valence-electron chi connectivity index (χ3n) is 9.25. The lowest BCUT2D eigenvalue weighted by Crippen LogP contribution is -2.57. The molecule has 0 aliphatic heterocycles. The zero-order chi connectivity index (χ0) is 31.4. The number of hydrogen-bond acceptors (Lipinski definition) is 6. The van der Waals surface area contributed by atoms with E-state index in [-0.39, 0.29) is 23.8 Å². The number of alkyl carbamates (subject to hydrolysis) is 1. The standard InChI is InChI=1S/C34H53N3O5S/c1-21(2)43-20-29(38)28(19-34-16-24-12-25(17-34)14-26(13-24)18-34)36-30(39)22(3)35-31(40)27(15-23-10-8-7-9-11-23)37-32(41)42-33(4,5)6/h7-11,21-22,24-29,38H,12-20H2,1-6H3,(H,35,40)(H,36,39)(H,37,41)/t22-,24?,25?,26?,27-,28-,29-,34?/m0/s1. The molecule has 43 heavy (non-hydrogen) atoms. The Morgan fingerprint density at radius 3 is 2.05 bits per heavy atom. The van der Waals surface area contributed by atoms with E-state index in [1.807, 2.05) is 30.3 Å². The molecule has 4 bridgehead atoms. The summed E-state index contributed by atoms with van der Waals surface area (Å²) in [6.07, 6.45) is 7.26. The minimum absolute atomic E-state index is 0.181. The zero-order valence-corrected chi connectivity index (χ0v) is 27.7. The third-order valence-corrected chi connectivity index (χ3v) is 10.5. The smallest absolute Gasteiger partial charge is 0.408 e. The fourth-order valence-corrected chi connectivity index (χ4v) is 8.71. The minimum atomic E-state index is -0.927. The number of amides is 3. The first-order valence-electron chi connectivity index (χ1n) is 16.1. The Morgan fingerprint density at radius 2 is 1.51 bits per heavy atom. The molecule has 4 atom stereocenters. The topological polar surface area (TPSA) is 117 Å². The Kier molecular flexibility index (Phi) is 11.1. The maximum absolute atomic E-state index is 13.6. The molecule has 0 unspecified atom stereocenters. The molecule has 5 rings (SSSR count). The first-order valence-corrected chi connectivity index (χ1v) is 17.2. The lowest BCUT2D eigenvalue weighted by Gasteiger charge is -2.58. The van der Waals surface area contributed by atoms with Gasteiger partial charge < -0.3 is 25.8 Å². The van der Waals surface area contributed by atoms with E-state index < -0.39 is 35.8 Å². The molecule has 240 valence electrons. The molecule has 1 aromatic rings. The van der Waals surface area contributed by atoms with Crippen LogP contribution in [0, 0.1) is 23.2 Å². The number of aliphatic hydroxyl groups is 1. The van der Waals surface area contributed by atoms with Crippen LogP contribution in [0.2, 0.25) is 0 Å². The minimum Gasteiger partial charge on any atom is -0.444 e. The van der Waals surface area contributed by atoms with Gasteiger partial charge >= 0.3 is 6.09 Å². The summed E-state index contributed by atoms with van der Waals surface area (Å²) in [5.74, 6) is 2.10. The van der Waals surface area contributed by atoms with Crippen LogP contribution in [0.3, 0.4) is 0 Å². The fraction of sp³-hybridized carbons (Fsp3) is 0.735. The molecule has 0 heterocycles. The quantitative estimate of drug-likeness (QED) is 0.242. The van der Waals surface area contributed by atoms with Crippen LogP contribution in [0.25, 0.3) is 0 Å². The highest BCUT2D eigenvalue weighted by molar-refractivity contribution is 7.99. The molecule has 4 fully saturated rings. The van der Waals surface area contributed by atoms with Crippen LogP contribution in [0.15, 0.2) is 30.3 Å². The van der Waals surface area contributed by atoms with Gasteiger partial charge in [0, 0.05) is 12.2 Å². The van der Waals surface area contributed by atoms with Gasteiger partial charge in [-0.1, -0.05) is 44.2 Å². The van der Waals surface area contributed by atoms with E-state index in [0.29, 0.717) is 11.0 Å². The summed E-state index contributed by atoms with van der Waals surface area (Å²) >= 11 is 1.70. The summed E-state index contributed by atoms with van der Waals surface area (Å²) in [6.45, 7) is 11.2. The van der Waals surface area contributed by atoms with Crippen LogP contribution >= 0.6 is 11.8 Å². The molecule has 0 aromatic heterocycles. The van der Waals surface area contributed by atoms with Gasteiger partial charge in [0.15, 0.2) is 0 Å². The second-order valence-electron chi connectivity index (χ2n) is 14.8. The van der Waals surface area contributed by atoms with Gasteiger partial charge in [0.05, 0.1) is 12.1 Å². The molecule has 4 aliphatic carbocycles. The number of nitrogens with one attached hydrogen (secondary N) is 3. The van der Waals surface area contributed by atoms with Crippen molar-refractivity contribution >= 4 is 29.7 Å². The van der Waals surface area contributed by atoms with Crippen LogP contribution in [0.5, 0.6) is 0 Å². The molecule has 8 nitrogen and oxygen atoms in total. The molecular formula is C34H53N3O5S. The number of carbonyl (C=O) groups excluding carboxylic acids is 3. The van der Waals surface area contributed by atoms with Gasteiger partial charge in [-0.25, -0.2) is 4.79 Å². The zero-order valence-electron chi connectivity index (χ0n) is 26.9. The van der Waals surface area contributed by atoms with Crippen LogP contribution < -0.4 is 16.0 Å². The Hall–Kier alpha value is -2.26. The number of hydrogen-bond donors (Lipinski definition) is 4. The second-order valence-corrected chi connectivity index (χ2v) is 16.4. The average Bonchev–Trinajstić information content (AvgIpc) is 2.89. The average molecular weight is 616 g/mol. The first-order chi connectivity index (χ1) is 20.2. The summed E-state index contributed by atoms with van der Waals surface area (Å²) in [6, 6.07) is 7.26. The predicted octanol–water partition coefficient (Wildman–Crippen LogP) is 5.22. The molecule has 0 radical (unpaired) electrons. The summed E-state index contributed by atoms with van der Waals surface area (Å²) in [5, 5.41) is 20.4. The van der Waals surface area contributed by atoms with Gasteiger partial charge in [0.1, 0.15) is 17.7 Å². The van der Waals surface area contributed by atoms with Gasteiger partial charge in [0.2, 0.25) is 11.8 Å². The largest absolute Gasteiger partial charge is 0.444 e. The number of aliphatic hydroxyl groups excluding tert-OH is 1. The van der Waals surface area contributed by atoms with Crippen molar-refractivity contribution in [1.29, 1.82) is 0 Å². The number of benzene rings is 1. The van der Waals surface area contributed by atoms with Crippen LogP contribution in [-0.4, -0.2) is 63.8 Å². The van der Waals surface area contributed by atoms with Crippen LogP contribution in [-0.2, 0) is 20.7 Å². The highest BCUT2D eigenvalue weighted by Crippen LogP contribution is 2.61. The van der Waals surface area contributed by atoms with Crippen molar-refractivity contribution in [1.82, 2.24) is 16.0 Å². The van der Waals surface area contributed by atoms with Crippen molar-refractivity contribution in [2.75, 3.05) is 5.75 Å². The highest BCUT2D eigenvalue weighted by atomic mass is 32.2. The van der Waals surface area contributed by atoms with Crippen LogP contribution in [0.4, 0.5) is 4.79 Å². The van der Waals surface area contributed by atoms with Gasteiger partial charge in [-0.15, -0.1) is 0 Å². The van der Waals surface area contributed by atoms with Crippen molar-refractivity contribution < 1.29 is 24.2 Å². The van der Waals surface area contributed by atoms with Gasteiger partial charge in [-0.2, -0.15) is 11.8 Å². The van der Waals surface area contributed by atoms with Crippen LogP contribution in [0.1, 0.15) is 92.1 Å². The fourth-order valence-electron chi connectivity index (χ4n) is 7.89. The van der Waals surface area contributed by atoms with Gasteiger partial charge in [-0.3, -0.25) is 9.59 Å². The molecular weight excluding hydrogens is 562 g/mol. The molecule has 0 spiro atoms. The summed E-state index contributed by atoms with van der Waals surface area (Å²) in [7, 11) is 0. The molecule has 4 aliphatic rings. The molecule has 4 saturated carbocycles. The normalized spacial score (nSPS) is 27.2. The van der Waals surface area contributed by atoms with Crippen molar-refractivity contribution in [2.45, 2.75) is 128 Å². The van der Waals surface area contributed by atoms with E-state index in [1.54, 1.807) is 39.5 Å². The van der Waals surface area contributed by atoms with E-state index in [9.17, 15) is 19.5 Å². The Labute approximate surface area is 262 Å². The lowest BCUT2D eigenvalue weighted by molar-refractivity contribution is -0.131. The third kappa shape index (κ3) is 9.87. The Bertz CT molecular complexity index is 1070. The molecule has 9 heteroatoms. The van der Waals surface area contributed by atoms with Gasteiger partial charge in [-0.05, 0) is 107 Å². The Balaban J connectivity index is 1.42. The number of rotatable bonds is 13. The Morgan fingerprint density at radius 1 is 0.930 bits per heavy atom. The maximum Gasteiger partial charge on any atom is 0.408 e. The summed E-state index contributed by atoms with van der Waals surface area (Å²) < 4.78 is 5.40. The summed E-state index contributed by atoms with van der Waals surface area (Å²) in [4.78, 5) is 39.6. The number of ether oxygens (including phenoxy) is 1. The molecule has 1 aromatic carbocycles. The van der Waals surface area contributed by atoms with E-state index in [2.05, 4.69) is 29.8 Å². The molecule has 3 amide bonds. The maximum atomic E-state index is 13.6. The van der Waals surface area contributed by atoms with Crippen molar-refractivity contribution in [2.24, 2.45) is 23.2 Å². The van der Waals surface area contributed by atoms with Gasteiger partial charge in [0.25, 0.3) is 0 Å². The van der Waals surface area contributed by atoms with Crippen molar-refractivity contribution in [3.8, 4) is 0 Å². The number of carbonyl (C=O) groups is 3. The molecule has 0 saturated heterocycles. The second kappa shape index (κ2) is 14.2. The van der Waals surface area contributed by atoms with E-state index in [1.165, 1.54) is 38.5 Å². The SMILES string of the molecule is CC(C)SC[C@H](O)[C@H](CC12CC3CC(CC(C3)C1)C2)NC(=O)[C@H](C)NC(=O)[C@H](Cc1ccccc1)NC(=O)OC(C)(C)C. The predicted molar refractivity (Wildman–Crippen MR) is 172 cm³/mol. The van der Waals surface area contributed by atoms with E-state index in [4.69, 9.17) is 4.74 Å². The van der Waals surface area contributed by atoms with Crippen molar-refractivity contribution in [3.63, 3.8) is 0 Å². The monoisotopic (exact) mass is 615 g/mol. The number of thioether (sulfide) groups is 1. The van der Waals surface area contributed by atoms with E-state index >= 15 is 0 Å². The lowest BCUT2D eigenvalue weighted by atomic mass is 9.48. The molecule has 4 N–H and O–H groups in total. The van der Waals surface area contributed by atoms with E-state index in [0.717, 1.165) is 29.7 Å². The first kappa shape index (κ1) is 33.6. The van der Waals surface area contributed by atoms with Crippen molar-refractivity contribution in [3.05, 3.63) is 35.9 Å².